The Morgan fingerprint density at radius 3 is 2.94 bits per heavy atom. The van der Waals surface area contributed by atoms with E-state index in [0.29, 0.717) is 0 Å². The van der Waals surface area contributed by atoms with E-state index in [2.05, 4.69) is 43.1 Å². The number of hydrogen-bond donors (Lipinski definition) is 0. The van der Waals surface area contributed by atoms with Gasteiger partial charge in [-0.05, 0) is 18.1 Å². The first-order valence-electron chi connectivity index (χ1n) is 6.32. The maximum Gasteiger partial charge on any atom is 0.164 e. The van der Waals surface area contributed by atoms with E-state index in [1.807, 2.05) is 0 Å². The monoisotopic (exact) mass is 248 g/mol. The molecule has 1 aliphatic heterocycles. The van der Waals surface area contributed by atoms with Gasteiger partial charge in [-0.15, -0.1) is 0 Å². The summed E-state index contributed by atoms with van der Waals surface area (Å²) >= 11 is 1.80. The SMILES string of the molecule is CCCCCN=C1Sc2ccccc2CN1C. The van der Waals surface area contributed by atoms with E-state index < -0.39 is 0 Å². The van der Waals surface area contributed by atoms with Crippen LogP contribution >= 0.6 is 11.8 Å². The third kappa shape index (κ3) is 3.25. The van der Waals surface area contributed by atoms with Gasteiger partial charge in [-0.3, -0.25) is 4.99 Å². The number of rotatable bonds is 4. The van der Waals surface area contributed by atoms with Crippen molar-refractivity contribution in [3.8, 4) is 0 Å². The van der Waals surface area contributed by atoms with Crippen LogP contribution in [0.25, 0.3) is 0 Å². The van der Waals surface area contributed by atoms with Crippen LogP contribution in [-0.4, -0.2) is 23.7 Å². The van der Waals surface area contributed by atoms with Gasteiger partial charge in [0.1, 0.15) is 0 Å². The van der Waals surface area contributed by atoms with Crippen LogP contribution in [0.2, 0.25) is 0 Å². The minimum Gasteiger partial charge on any atom is -0.350 e. The van der Waals surface area contributed by atoms with Crippen LogP contribution in [-0.2, 0) is 6.54 Å². The maximum atomic E-state index is 4.71. The Kier molecular flexibility index (Phi) is 4.49. The average Bonchev–Trinajstić information content (AvgIpc) is 2.35. The molecule has 0 unspecified atom stereocenters. The smallest absolute Gasteiger partial charge is 0.164 e. The predicted molar refractivity (Wildman–Crippen MR) is 75.6 cm³/mol. The standard InChI is InChI=1S/C14H20N2S/c1-3-4-7-10-15-14-16(2)11-12-8-5-6-9-13(12)17-14/h5-6,8-9H,3-4,7,10-11H2,1-2H3. The molecule has 2 rings (SSSR count). The Balaban J connectivity index is 2.02. The first-order chi connectivity index (χ1) is 8.31. The van der Waals surface area contributed by atoms with E-state index in [1.54, 1.807) is 11.8 Å². The van der Waals surface area contributed by atoms with Gasteiger partial charge in [-0.1, -0.05) is 49.7 Å². The fraction of sp³-hybridized carbons (Fsp3) is 0.500. The van der Waals surface area contributed by atoms with Crippen LogP contribution in [0.15, 0.2) is 34.2 Å². The number of nitrogens with zero attached hydrogens (tertiary/aromatic N) is 2. The average molecular weight is 248 g/mol. The zero-order valence-corrected chi connectivity index (χ0v) is 11.5. The molecule has 0 aromatic heterocycles. The van der Waals surface area contributed by atoms with Crippen molar-refractivity contribution in [3.63, 3.8) is 0 Å². The molecular formula is C14H20N2S. The molecule has 0 aliphatic carbocycles. The highest BCUT2D eigenvalue weighted by Gasteiger charge is 2.18. The molecule has 17 heavy (non-hydrogen) atoms. The van der Waals surface area contributed by atoms with Gasteiger partial charge < -0.3 is 4.90 Å². The minimum atomic E-state index is 0.961. The van der Waals surface area contributed by atoms with Crippen molar-refractivity contribution in [1.29, 1.82) is 0 Å². The molecule has 92 valence electrons. The number of unbranched alkanes of at least 4 members (excludes halogenated alkanes) is 2. The Bertz CT molecular complexity index is 401. The molecule has 1 heterocycles. The molecule has 1 aliphatic rings. The molecule has 0 radical (unpaired) electrons. The lowest BCUT2D eigenvalue weighted by Gasteiger charge is -2.27. The van der Waals surface area contributed by atoms with Gasteiger partial charge in [0.05, 0.1) is 0 Å². The Morgan fingerprint density at radius 1 is 1.29 bits per heavy atom. The quantitative estimate of drug-likeness (QED) is 0.754. The third-order valence-electron chi connectivity index (χ3n) is 2.92. The van der Waals surface area contributed by atoms with Crippen molar-refractivity contribution in [1.82, 2.24) is 4.90 Å². The first-order valence-corrected chi connectivity index (χ1v) is 7.14. The fourth-order valence-corrected chi connectivity index (χ4v) is 2.91. The van der Waals surface area contributed by atoms with Crippen LogP contribution in [0.1, 0.15) is 31.7 Å². The minimum absolute atomic E-state index is 0.961. The van der Waals surface area contributed by atoms with E-state index in [-0.39, 0.29) is 0 Å². The van der Waals surface area contributed by atoms with Crippen LogP contribution in [0.4, 0.5) is 0 Å². The van der Waals surface area contributed by atoms with Crippen molar-refractivity contribution >= 4 is 16.9 Å². The predicted octanol–water partition coefficient (Wildman–Crippen LogP) is 3.77. The second kappa shape index (κ2) is 6.10. The summed E-state index contributed by atoms with van der Waals surface area (Å²) in [5.74, 6) is 0. The lowest BCUT2D eigenvalue weighted by molar-refractivity contribution is 0.498. The summed E-state index contributed by atoms with van der Waals surface area (Å²) in [4.78, 5) is 8.32. The molecule has 2 nitrogen and oxygen atoms in total. The highest BCUT2D eigenvalue weighted by atomic mass is 32.2. The van der Waals surface area contributed by atoms with Crippen molar-refractivity contribution in [2.24, 2.45) is 4.99 Å². The summed E-state index contributed by atoms with van der Waals surface area (Å²) < 4.78 is 0. The van der Waals surface area contributed by atoms with Gasteiger partial charge in [0.15, 0.2) is 5.17 Å². The Hall–Kier alpha value is -0.960. The van der Waals surface area contributed by atoms with Gasteiger partial charge in [0.25, 0.3) is 0 Å². The van der Waals surface area contributed by atoms with Crippen LogP contribution in [0.5, 0.6) is 0 Å². The van der Waals surface area contributed by atoms with Gasteiger partial charge in [0, 0.05) is 25.0 Å². The summed E-state index contributed by atoms with van der Waals surface area (Å²) in [7, 11) is 2.13. The van der Waals surface area contributed by atoms with E-state index >= 15 is 0 Å². The fourth-order valence-electron chi connectivity index (χ4n) is 1.92. The van der Waals surface area contributed by atoms with Gasteiger partial charge in [0.2, 0.25) is 0 Å². The summed E-state index contributed by atoms with van der Waals surface area (Å²) in [6, 6.07) is 8.60. The number of benzene rings is 1. The molecule has 0 N–H and O–H groups in total. The number of thioether (sulfide) groups is 1. The maximum absolute atomic E-state index is 4.71. The normalized spacial score (nSPS) is 17.3. The van der Waals surface area contributed by atoms with Crippen molar-refractivity contribution in [2.75, 3.05) is 13.6 Å². The molecule has 0 saturated heterocycles. The van der Waals surface area contributed by atoms with E-state index in [0.717, 1.165) is 13.1 Å². The van der Waals surface area contributed by atoms with Crippen molar-refractivity contribution in [2.45, 2.75) is 37.6 Å². The first kappa shape index (κ1) is 12.5. The zero-order valence-electron chi connectivity index (χ0n) is 10.6. The summed E-state index contributed by atoms with van der Waals surface area (Å²) in [6.07, 6.45) is 3.74. The molecule has 1 aromatic carbocycles. The molecule has 0 spiro atoms. The second-order valence-corrected chi connectivity index (χ2v) is 5.45. The zero-order chi connectivity index (χ0) is 12.1. The molecule has 1 aromatic rings. The number of aliphatic imine (C=N–C) groups is 1. The molecule has 0 amide bonds. The van der Waals surface area contributed by atoms with E-state index in [4.69, 9.17) is 4.99 Å². The van der Waals surface area contributed by atoms with Crippen molar-refractivity contribution in [3.05, 3.63) is 29.8 Å². The molecule has 0 atom stereocenters. The highest BCUT2D eigenvalue weighted by Crippen LogP contribution is 2.31. The van der Waals surface area contributed by atoms with Gasteiger partial charge in [-0.25, -0.2) is 0 Å². The molecule has 0 fully saturated rings. The van der Waals surface area contributed by atoms with E-state index in [1.165, 1.54) is 34.9 Å². The van der Waals surface area contributed by atoms with Crippen molar-refractivity contribution < 1.29 is 0 Å². The Labute approximate surface area is 108 Å². The number of hydrogen-bond acceptors (Lipinski definition) is 2. The molecule has 3 heteroatoms. The molecule has 0 bridgehead atoms. The van der Waals surface area contributed by atoms with Crippen LogP contribution < -0.4 is 0 Å². The van der Waals surface area contributed by atoms with Crippen LogP contribution in [0, 0.1) is 0 Å². The summed E-state index contributed by atoms with van der Waals surface area (Å²) in [5, 5.41) is 1.17. The lowest BCUT2D eigenvalue weighted by atomic mass is 10.2. The second-order valence-electron chi connectivity index (χ2n) is 4.44. The van der Waals surface area contributed by atoms with Gasteiger partial charge >= 0.3 is 0 Å². The third-order valence-corrected chi connectivity index (χ3v) is 4.16. The topological polar surface area (TPSA) is 15.6 Å². The number of amidine groups is 1. The van der Waals surface area contributed by atoms with E-state index in [9.17, 15) is 0 Å². The summed E-state index contributed by atoms with van der Waals surface area (Å²) in [5.41, 5.74) is 1.41. The highest BCUT2D eigenvalue weighted by molar-refractivity contribution is 8.13. The number of fused-ring (bicyclic) bond motifs is 1. The largest absolute Gasteiger partial charge is 0.350 e. The Morgan fingerprint density at radius 2 is 2.12 bits per heavy atom. The summed E-state index contributed by atoms with van der Waals surface area (Å²) in [6.45, 7) is 4.17. The van der Waals surface area contributed by atoms with Gasteiger partial charge in [-0.2, -0.15) is 0 Å². The lowest BCUT2D eigenvalue weighted by Crippen LogP contribution is -2.27. The molecule has 0 saturated carbocycles. The molecular weight excluding hydrogens is 228 g/mol. The van der Waals surface area contributed by atoms with Crippen LogP contribution in [0.3, 0.4) is 0 Å².